The monoisotopic (exact) mass is 487 g/mol. The molecule has 0 aliphatic carbocycles. The number of nitrogens with one attached hydrogen (secondary N) is 2. The Kier molecular flexibility index (Phi) is 7.24. The lowest BCUT2D eigenvalue weighted by atomic mass is 10.1. The highest BCUT2D eigenvalue weighted by Crippen LogP contribution is 2.37. The summed E-state index contributed by atoms with van der Waals surface area (Å²) >= 11 is 0. The van der Waals surface area contributed by atoms with E-state index in [9.17, 15) is 14.4 Å². The largest absolute Gasteiger partial charge is 0.494 e. The standard InChI is InChI=1S/C28H29N3O5/c1-17-10-11-21(12-18(17)2)31-16-20(13-26(31)32)28(34)30-23-15-24(35-3)22(14-25(23)36-4)29-27(33)19-8-6-5-7-9-19/h5-12,14-15,20H,13,16H2,1-4H3,(H,29,33)(H,30,34)/t20-/m0/s1. The summed E-state index contributed by atoms with van der Waals surface area (Å²) in [5, 5.41) is 5.69. The number of benzene rings is 3. The van der Waals surface area contributed by atoms with Crippen molar-refractivity contribution in [3.8, 4) is 11.5 Å². The predicted molar refractivity (Wildman–Crippen MR) is 139 cm³/mol. The average Bonchev–Trinajstić information content (AvgIpc) is 3.28. The minimum absolute atomic E-state index is 0.0954. The summed E-state index contributed by atoms with van der Waals surface area (Å²) in [6, 6.07) is 17.8. The van der Waals surface area contributed by atoms with Crippen molar-refractivity contribution >= 4 is 34.8 Å². The number of anilines is 3. The molecule has 1 fully saturated rings. The third kappa shape index (κ3) is 5.17. The van der Waals surface area contributed by atoms with Crippen LogP contribution < -0.4 is 25.0 Å². The highest BCUT2D eigenvalue weighted by molar-refractivity contribution is 6.06. The van der Waals surface area contributed by atoms with Crippen molar-refractivity contribution < 1.29 is 23.9 Å². The first-order valence-corrected chi connectivity index (χ1v) is 11.6. The Bertz CT molecular complexity index is 1310. The van der Waals surface area contributed by atoms with Crippen LogP contribution in [0.25, 0.3) is 0 Å². The van der Waals surface area contributed by atoms with Gasteiger partial charge in [0.1, 0.15) is 11.5 Å². The molecule has 36 heavy (non-hydrogen) atoms. The van der Waals surface area contributed by atoms with Gasteiger partial charge in [0.15, 0.2) is 0 Å². The van der Waals surface area contributed by atoms with Crippen LogP contribution in [0.5, 0.6) is 11.5 Å². The Labute approximate surface area is 210 Å². The van der Waals surface area contributed by atoms with Crippen LogP contribution in [0.3, 0.4) is 0 Å². The fraction of sp³-hybridized carbons (Fsp3) is 0.250. The minimum Gasteiger partial charge on any atom is -0.494 e. The van der Waals surface area contributed by atoms with Gasteiger partial charge in [-0.05, 0) is 49.2 Å². The summed E-state index contributed by atoms with van der Waals surface area (Å²) < 4.78 is 10.9. The maximum absolute atomic E-state index is 13.1. The molecular formula is C28H29N3O5. The van der Waals surface area contributed by atoms with E-state index in [1.54, 1.807) is 41.3 Å². The molecule has 0 saturated carbocycles. The maximum atomic E-state index is 13.1. The Hall–Kier alpha value is -4.33. The molecule has 1 saturated heterocycles. The van der Waals surface area contributed by atoms with E-state index in [0.717, 1.165) is 16.8 Å². The first-order chi connectivity index (χ1) is 17.3. The number of amides is 3. The van der Waals surface area contributed by atoms with Crippen molar-refractivity contribution in [3.05, 3.63) is 77.4 Å². The molecule has 0 aromatic heterocycles. The topological polar surface area (TPSA) is 97.0 Å². The van der Waals surface area contributed by atoms with Gasteiger partial charge in [-0.1, -0.05) is 24.3 Å². The molecule has 0 unspecified atom stereocenters. The Morgan fingerprint density at radius 1 is 0.861 bits per heavy atom. The summed E-state index contributed by atoms with van der Waals surface area (Å²) in [5.74, 6) is -0.508. The van der Waals surface area contributed by atoms with Gasteiger partial charge in [-0.2, -0.15) is 0 Å². The van der Waals surface area contributed by atoms with E-state index in [1.807, 2.05) is 38.1 Å². The van der Waals surface area contributed by atoms with E-state index in [4.69, 9.17) is 9.47 Å². The normalized spacial score (nSPS) is 14.9. The molecule has 0 radical (unpaired) electrons. The van der Waals surface area contributed by atoms with Crippen LogP contribution in [0.4, 0.5) is 17.1 Å². The van der Waals surface area contributed by atoms with E-state index >= 15 is 0 Å². The van der Waals surface area contributed by atoms with Gasteiger partial charge in [0.05, 0.1) is 31.5 Å². The van der Waals surface area contributed by atoms with E-state index in [-0.39, 0.29) is 30.7 Å². The number of hydrogen-bond acceptors (Lipinski definition) is 5. The van der Waals surface area contributed by atoms with Gasteiger partial charge in [0.25, 0.3) is 5.91 Å². The molecule has 1 heterocycles. The molecule has 1 aliphatic heterocycles. The van der Waals surface area contributed by atoms with Crippen molar-refractivity contribution in [1.82, 2.24) is 0 Å². The fourth-order valence-electron chi connectivity index (χ4n) is 4.14. The van der Waals surface area contributed by atoms with Gasteiger partial charge in [-0.3, -0.25) is 14.4 Å². The van der Waals surface area contributed by atoms with Crippen LogP contribution in [0, 0.1) is 19.8 Å². The number of aryl methyl sites for hydroxylation is 2. The number of rotatable bonds is 7. The molecule has 4 rings (SSSR count). The van der Waals surface area contributed by atoms with Gasteiger partial charge >= 0.3 is 0 Å². The van der Waals surface area contributed by atoms with Crippen LogP contribution in [0.1, 0.15) is 27.9 Å². The maximum Gasteiger partial charge on any atom is 0.255 e. The molecule has 3 aromatic rings. The molecule has 8 nitrogen and oxygen atoms in total. The van der Waals surface area contributed by atoms with Gasteiger partial charge in [-0.15, -0.1) is 0 Å². The van der Waals surface area contributed by atoms with Crippen molar-refractivity contribution in [3.63, 3.8) is 0 Å². The summed E-state index contributed by atoms with van der Waals surface area (Å²) in [4.78, 5) is 40.1. The number of nitrogens with zero attached hydrogens (tertiary/aromatic N) is 1. The van der Waals surface area contributed by atoms with E-state index < -0.39 is 5.92 Å². The summed E-state index contributed by atoms with van der Waals surface area (Å²) in [6.07, 6.45) is 0.115. The molecule has 8 heteroatoms. The molecule has 0 spiro atoms. The summed E-state index contributed by atoms with van der Waals surface area (Å²) in [7, 11) is 2.95. The summed E-state index contributed by atoms with van der Waals surface area (Å²) in [6.45, 7) is 4.30. The lowest BCUT2D eigenvalue weighted by Gasteiger charge is -2.19. The number of methoxy groups -OCH3 is 2. The van der Waals surface area contributed by atoms with Crippen LogP contribution in [-0.2, 0) is 9.59 Å². The molecule has 1 aliphatic rings. The number of hydrogen-bond donors (Lipinski definition) is 2. The first kappa shape index (κ1) is 24.8. The van der Waals surface area contributed by atoms with Gasteiger partial charge < -0.3 is 25.0 Å². The summed E-state index contributed by atoms with van der Waals surface area (Å²) in [5.41, 5.74) is 4.30. The third-order valence-corrected chi connectivity index (χ3v) is 6.36. The second-order valence-corrected chi connectivity index (χ2v) is 8.74. The van der Waals surface area contributed by atoms with Crippen molar-refractivity contribution in [1.29, 1.82) is 0 Å². The number of carbonyl (C=O) groups excluding carboxylic acids is 3. The van der Waals surface area contributed by atoms with Crippen LogP contribution in [0.15, 0.2) is 60.7 Å². The number of carbonyl (C=O) groups is 3. The zero-order chi connectivity index (χ0) is 25.8. The van der Waals surface area contributed by atoms with Gasteiger partial charge in [0, 0.05) is 36.3 Å². The van der Waals surface area contributed by atoms with Crippen molar-refractivity contribution in [2.75, 3.05) is 36.3 Å². The lowest BCUT2D eigenvalue weighted by molar-refractivity contribution is -0.122. The molecule has 1 atom stereocenters. The Morgan fingerprint density at radius 3 is 2.11 bits per heavy atom. The molecule has 186 valence electrons. The highest BCUT2D eigenvalue weighted by atomic mass is 16.5. The second kappa shape index (κ2) is 10.5. The number of ether oxygens (including phenoxy) is 2. The second-order valence-electron chi connectivity index (χ2n) is 8.74. The van der Waals surface area contributed by atoms with Crippen LogP contribution in [0.2, 0.25) is 0 Å². The van der Waals surface area contributed by atoms with E-state index in [1.165, 1.54) is 14.2 Å². The lowest BCUT2D eigenvalue weighted by Crippen LogP contribution is -2.28. The van der Waals surface area contributed by atoms with Crippen LogP contribution in [-0.4, -0.2) is 38.5 Å². The fourth-order valence-corrected chi connectivity index (χ4v) is 4.14. The zero-order valence-corrected chi connectivity index (χ0v) is 20.8. The zero-order valence-electron chi connectivity index (χ0n) is 20.8. The molecule has 0 bridgehead atoms. The Morgan fingerprint density at radius 2 is 1.50 bits per heavy atom. The van der Waals surface area contributed by atoms with Gasteiger partial charge in [0.2, 0.25) is 11.8 Å². The SMILES string of the molecule is COc1cc(NC(=O)[C@H]2CC(=O)N(c3ccc(C)c(C)c3)C2)c(OC)cc1NC(=O)c1ccccc1. The average molecular weight is 488 g/mol. The smallest absolute Gasteiger partial charge is 0.255 e. The molecular weight excluding hydrogens is 458 g/mol. The van der Waals surface area contributed by atoms with E-state index in [2.05, 4.69) is 10.6 Å². The van der Waals surface area contributed by atoms with Crippen LogP contribution >= 0.6 is 0 Å². The molecule has 2 N–H and O–H groups in total. The predicted octanol–water partition coefficient (Wildman–Crippen LogP) is 4.56. The molecule has 3 amide bonds. The minimum atomic E-state index is -0.521. The van der Waals surface area contributed by atoms with Crippen molar-refractivity contribution in [2.24, 2.45) is 5.92 Å². The van der Waals surface area contributed by atoms with E-state index in [0.29, 0.717) is 28.4 Å². The first-order valence-electron chi connectivity index (χ1n) is 11.6. The van der Waals surface area contributed by atoms with Gasteiger partial charge in [-0.25, -0.2) is 0 Å². The quantitative estimate of drug-likeness (QED) is 0.509. The highest BCUT2D eigenvalue weighted by Gasteiger charge is 2.35. The Balaban J connectivity index is 1.51. The third-order valence-electron chi connectivity index (χ3n) is 6.36. The molecule has 3 aromatic carbocycles. The van der Waals surface area contributed by atoms with Crippen molar-refractivity contribution in [2.45, 2.75) is 20.3 Å².